The summed E-state index contributed by atoms with van der Waals surface area (Å²) >= 11 is 0. The maximum Gasteiger partial charge on any atom is 0.416 e. The van der Waals surface area contributed by atoms with E-state index in [0.29, 0.717) is 0 Å². The van der Waals surface area contributed by atoms with Crippen molar-refractivity contribution in [1.82, 2.24) is 5.32 Å². The number of alkyl halides is 3. The molecule has 0 spiro atoms. The van der Waals surface area contributed by atoms with Crippen molar-refractivity contribution >= 4 is 5.69 Å². The highest BCUT2D eigenvalue weighted by molar-refractivity contribution is 5.60. The maximum atomic E-state index is 12.9. The lowest BCUT2D eigenvalue weighted by Crippen LogP contribution is -2.46. The van der Waals surface area contributed by atoms with Crippen molar-refractivity contribution in [3.63, 3.8) is 0 Å². The fourth-order valence-corrected chi connectivity index (χ4v) is 2.95. The number of rotatable bonds is 4. The second-order valence-electron chi connectivity index (χ2n) is 5.57. The number of hydrogen-bond donors (Lipinski definition) is 2. The molecule has 0 aromatic heterocycles. The lowest BCUT2D eigenvalue weighted by molar-refractivity contribution is -0.137. The van der Waals surface area contributed by atoms with E-state index in [-0.39, 0.29) is 23.3 Å². The van der Waals surface area contributed by atoms with Gasteiger partial charge in [0.15, 0.2) is 0 Å². The molecule has 3 nitrogen and oxygen atoms in total. The number of anilines is 1. The van der Waals surface area contributed by atoms with Crippen LogP contribution in [0.5, 0.6) is 0 Å². The molecule has 1 aliphatic rings. The molecule has 6 heteroatoms. The van der Waals surface area contributed by atoms with E-state index in [0.717, 1.165) is 44.4 Å². The SMILES string of the molecule is CCN[C@@H]1CCCC[C@H]1Nc1cc(C(F)(F)F)ccc1C#N. The molecule has 1 aliphatic carbocycles. The average Bonchev–Trinajstić information content (AvgIpc) is 2.48. The quantitative estimate of drug-likeness (QED) is 0.886. The first kappa shape index (κ1) is 16.6. The van der Waals surface area contributed by atoms with Gasteiger partial charge in [0.1, 0.15) is 6.07 Å². The van der Waals surface area contributed by atoms with Crippen LogP contribution in [0.25, 0.3) is 0 Å². The summed E-state index contributed by atoms with van der Waals surface area (Å²) in [6.07, 6.45) is -0.368. The summed E-state index contributed by atoms with van der Waals surface area (Å²) in [6.45, 7) is 2.83. The van der Waals surface area contributed by atoms with Gasteiger partial charge in [0.2, 0.25) is 0 Å². The topological polar surface area (TPSA) is 47.8 Å². The molecular weight excluding hydrogens is 291 g/mol. The van der Waals surface area contributed by atoms with Gasteiger partial charge in [-0.3, -0.25) is 0 Å². The van der Waals surface area contributed by atoms with Crippen LogP contribution >= 0.6 is 0 Å². The number of benzene rings is 1. The molecule has 2 rings (SSSR count). The predicted molar refractivity (Wildman–Crippen MR) is 79.5 cm³/mol. The van der Waals surface area contributed by atoms with E-state index >= 15 is 0 Å². The minimum atomic E-state index is -4.40. The summed E-state index contributed by atoms with van der Waals surface area (Å²) in [5.41, 5.74) is -0.217. The Morgan fingerprint density at radius 1 is 1.23 bits per heavy atom. The highest BCUT2D eigenvalue weighted by Gasteiger charge is 2.32. The Bertz CT molecular complexity index is 547. The van der Waals surface area contributed by atoms with Crippen LogP contribution in [0.15, 0.2) is 18.2 Å². The standard InChI is InChI=1S/C16H20F3N3/c1-2-21-13-5-3-4-6-14(13)22-15-9-12(16(17,18)19)8-7-11(15)10-20/h7-9,13-14,21-22H,2-6H2,1H3/t13-,14-/m1/s1. The van der Waals surface area contributed by atoms with Crippen molar-refractivity contribution in [2.45, 2.75) is 50.9 Å². The van der Waals surface area contributed by atoms with Crippen molar-refractivity contribution in [2.24, 2.45) is 0 Å². The molecule has 0 aliphatic heterocycles. The number of hydrogen-bond acceptors (Lipinski definition) is 3. The van der Waals surface area contributed by atoms with E-state index in [1.165, 1.54) is 6.07 Å². The largest absolute Gasteiger partial charge is 0.416 e. The van der Waals surface area contributed by atoms with Crippen LogP contribution in [0.3, 0.4) is 0 Å². The first-order valence-corrected chi connectivity index (χ1v) is 7.57. The summed E-state index contributed by atoms with van der Waals surface area (Å²) in [5.74, 6) is 0. The fraction of sp³-hybridized carbons (Fsp3) is 0.562. The minimum Gasteiger partial charge on any atom is -0.380 e. The van der Waals surface area contributed by atoms with Gasteiger partial charge in [-0.1, -0.05) is 19.8 Å². The van der Waals surface area contributed by atoms with E-state index < -0.39 is 11.7 Å². The van der Waals surface area contributed by atoms with Crippen LogP contribution in [0.1, 0.15) is 43.7 Å². The number of nitrogens with zero attached hydrogens (tertiary/aromatic N) is 1. The Balaban J connectivity index is 2.25. The highest BCUT2D eigenvalue weighted by atomic mass is 19.4. The molecule has 120 valence electrons. The number of likely N-dealkylation sites (N-methyl/N-ethyl adjacent to an activating group) is 1. The lowest BCUT2D eigenvalue weighted by Gasteiger charge is -2.33. The third-order valence-electron chi connectivity index (χ3n) is 4.04. The van der Waals surface area contributed by atoms with Gasteiger partial charge >= 0.3 is 6.18 Å². The normalized spacial score (nSPS) is 22.1. The van der Waals surface area contributed by atoms with Crippen molar-refractivity contribution in [3.05, 3.63) is 29.3 Å². The first-order chi connectivity index (χ1) is 10.5. The molecule has 0 radical (unpaired) electrons. The smallest absolute Gasteiger partial charge is 0.380 e. The molecule has 1 aromatic carbocycles. The van der Waals surface area contributed by atoms with E-state index in [4.69, 9.17) is 5.26 Å². The Hall–Kier alpha value is -1.74. The van der Waals surface area contributed by atoms with Crippen molar-refractivity contribution in [1.29, 1.82) is 5.26 Å². The molecule has 0 amide bonds. The number of nitrogens with one attached hydrogen (secondary N) is 2. The van der Waals surface area contributed by atoms with Gasteiger partial charge in [0, 0.05) is 12.1 Å². The lowest BCUT2D eigenvalue weighted by atomic mass is 9.89. The number of halogens is 3. The van der Waals surface area contributed by atoms with Gasteiger partial charge in [0.05, 0.1) is 16.8 Å². The van der Waals surface area contributed by atoms with Crippen molar-refractivity contribution < 1.29 is 13.2 Å². The molecule has 0 heterocycles. The third kappa shape index (κ3) is 3.92. The zero-order valence-electron chi connectivity index (χ0n) is 12.5. The van der Waals surface area contributed by atoms with Gasteiger partial charge in [-0.2, -0.15) is 18.4 Å². The zero-order valence-corrected chi connectivity index (χ0v) is 12.5. The molecule has 1 fully saturated rings. The highest BCUT2D eigenvalue weighted by Crippen LogP contribution is 2.33. The van der Waals surface area contributed by atoms with Gasteiger partial charge < -0.3 is 10.6 Å². The zero-order chi connectivity index (χ0) is 16.2. The van der Waals surface area contributed by atoms with E-state index in [2.05, 4.69) is 10.6 Å². The fourth-order valence-electron chi connectivity index (χ4n) is 2.95. The van der Waals surface area contributed by atoms with E-state index in [1.807, 2.05) is 13.0 Å². The van der Waals surface area contributed by atoms with Crippen LogP contribution in [0, 0.1) is 11.3 Å². The maximum absolute atomic E-state index is 12.9. The van der Waals surface area contributed by atoms with Crippen molar-refractivity contribution in [3.8, 4) is 6.07 Å². The Morgan fingerprint density at radius 2 is 1.91 bits per heavy atom. The molecule has 1 aromatic rings. The number of nitriles is 1. The van der Waals surface area contributed by atoms with Crippen LogP contribution < -0.4 is 10.6 Å². The molecule has 0 saturated heterocycles. The van der Waals surface area contributed by atoms with E-state index in [9.17, 15) is 13.2 Å². The monoisotopic (exact) mass is 311 g/mol. The molecule has 1 saturated carbocycles. The summed E-state index contributed by atoms with van der Waals surface area (Å²) in [7, 11) is 0. The average molecular weight is 311 g/mol. The first-order valence-electron chi connectivity index (χ1n) is 7.57. The Kier molecular flexibility index (Phi) is 5.30. The van der Waals surface area contributed by atoms with Crippen molar-refractivity contribution in [2.75, 3.05) is 11.9 Å². The minimum absolute atomic E-state index is 0.0456. The summed E-state index contributed by atoms with van der Waals surface area (Å²) in [5, 5.41) is 15.7. The second kappa shape index (κ2) is 7.01. The molecule has 0 unspecified atom stereocenters. The molecule has 2 atom stereocenters. The Labute approximate surface area is 128 Å². The van der Waals surface area contributed by atoms with Crippen LogP contribution in [-0.4, -0.2) is 18.6 Å². The molecule has 2 N–H and O–H groups in total. The predicted octanol–water partition coefficient (Wildman–Crippen LogP) is 3.91. The molecular formula is C16H20F3N3. The van der Waals surface area contributed by atoms with Gasteiger partial charge in [0.25, 0.3) is 0 Å². The third-order valence-corrected chi connectivity index (χ3v) is 4.04. The van der Waals surface area contributed by atoms with Gasteiger partial charge in [-0.05, 0) is 37.6 Å². The molecule has 22 heavy (non-hydrogen) atoms. The Morgan fingerprint density at radius 3 is 2.50 bits per heavy atom. The summed E-state index contributed by atoms with van der Waals surface area (Å²) < 4.78 is 38.6. The van der Waals surface area contributed by atoms with Gasteiger partial charge in [-0.25, -0.2) is 0 Å². The van der Waals surface area contributed by atoms with Gasteiger partial charge in [-0.15, -0.1) is 0 Å². The van der Waals surface area contributed by atoms with Crippen LogP contribution in [-0.2, 0) is 6.18 Å². The second-order valence-corrected chi connectivity index (χ2v) is 5.57. The molecule has 0 bridgehead atoms. The van der Waals surface area contributed by atoms with E-state index in [1.54, 1.807) is 0 Å². The summed E-state index contributed by atoms with van der Waals surface area (Å²) in [4.78, 5) is 0. The van der Waals surface area contributed by atoms with Crippen LogP contribution in [0.2, 0.25) is 0 Å². The summed E-state index contributed by atoms with van der Waals surface area (Å²) in [6, 6.07) is 5.45. The van der Waals surface area contributed by atoms with Crippen LogP contribution in [0.4, 0.5) is 18.9 Å².